The third kappa shape index (κ3) is 5.36. The number of halogens is 2. The molecule has 9 heteroatoms. The molecule has 1 amide bonds. The molecule has 3 aromatic rings. The van der Waals surface area contributed by atoms with Crippen molar-refractivity contribution in [3.8, 4) is 17.2 Å². The molecule has 0 saturated carbocycles. The van der Waals surface area contributed by atoms with Crippen LogP contribution in [0.4, 0.5) is 4.39 Å². The van der Waals surface area contributed by atoms with Crippen LogP contribution in [0.3, 0.4) is 0 Å². The molecule has 0 N–H and O–H groups in total. The SMILES string of the molecule is CCN(Cc1ccc(OC)c(F)c1)C(=O)CSc1nnc(-c2ccccc2Br)o1. The number of carbonyl (C=O) groups is 1. The molecule has 0 spiro atoms. The minimum absolute atomic E-state index is 0.102. The van der Waals surface area contributed by atoms with Gasteiger partial charge in [-0.1, -0.05) is 30.0 Å². The van der Waals surface area contributed by atoms with Crippen LogP contribution in [0.1, 0.15) is 12.5 Å². The maximum atomic E-state index is 13.9. The summed E-state index contributed by atoms with van der Waals surface area (Å²) in [6.07, 6.45) is 0. The number of carbonyl (C=O) groups excluding carboxylic acids is 1. The van der Waals surface area contributed by atoms with Crippen molar-refractivity contribution in [2.24, 2.45) is 0 Å². The maximum Gasteiger partial charge on any atom is 0.277 e. The zero-order valence-corrected chi connectivity index (χ0v) is 18.3. The minimum Gasteiger partial charge on any atom is -0.494 e. The number of thioether (sulfide) groups is 1. The number of amides is 1. The summed E-state index contributed by atoms with van der Waals surface area (Å²) in [7, 11) is 1.41. The molecule has 0 bridgehead atoms. The van der Waals surface area contributed by atoms with Crippen LogP contribution in [0, 0.1) is 5.82 Å². The van der Waals surface area contributed by atoms with Crippen molar-refractivity contribution in [3.05, 3.63) is 58.3 Å². The molecule has 1 aromatic heterocycles. The van der Waals surface area contributed by atoms with Gasteiger partial charge in [0, 0.05) is 17.6 Å². The van der Waals surface area contributed by atoms with E-state index in [2.05, 4.69) is 26.1 Å². The van der Waals surface area contributed by atoms with Crippen molar-refractivity contribution in [1.29, 1.82) is 0 Å². The second-order valence-corrected chi connectivity index (χ2v) is 7.80. The molecule has 1 heterocycles. The summed E-state index contributed by atoms with van der Waals surface area (Å²) in [6.45, 7) is 2.68. The zero-order chi connectivity index (χ0) is 20.8. The second-order valence-electron chi connectivity index (χ2n) is 6.02. The van der Waals surface area contributed by atoms with Crippen molar-refractivity contribution in [1.82, 2.24) is 15.1 Å². The number of rotatable bonds is 8. The lowest BCUT2D eigenvalue weighted by Gasteiger charge is -2.20. The van der Waals surface area contributed by atoms with Crippen LogP contribution in [0.5, 0.6) is 5.75 Å². The number of aromatic nitrogens is 2. The van der Waals surface area contributed by atoms with E-state index < -0.39 is 5.82 Å². The van der Waals surface area contributed by atoms with Crippen LogP contribution >= 0.6 is 27.7 Å². The average Bonchev–Trinajstić information content (AvgIpc) is 3.19. The fourth-order valence-corrected chi connectivity index (χ4v) is 3.75. The summed E-state index contributed by atoms with van der Waals surface area (Å²) in [5.41, 5.74) is 1.48. The van der Waals surface area contributed by atoms with Gasteiger partial charge in [0.1, 0.15) is 0 Å². The highest BCUT2D eigenvalue weighted by Gasteiger charge is 2.17. The van der Waals surface area contributed by atoms with Crippen LogP contribution in [0.15, 0.2) is 56.6 Å². The van der Waals surface area contributed by atoms with Crippen molar-refractivity contribution >= 4 is 33.6 Å². The van der Waals surface area contributed by atoms with E-state index in [1.165, 1.54) is 24.9 Å². The van der Waals surface area contributed by atoms with Gasteiger partial charge in [0.15, 0.2) is 11.6 Å². The molecule has 0 unspecified atom stereocenters. The van der Waals surface area contributed by atoms with Gasteiger partial charge in [-0.2, -0.15) is 0 Å². The van der Waals surface area contributed by atoms with E-state index in [0.29, 0.717) is 29.8 Å². The fraction of sp³-hybridized carbons (Fsp3) is 0.250. The van der Waals surface area contributed by atoms with E-state index in [0.717, 1.165) is 10.0 Å². The lowest BCUT2D eigenvalue weighted by molar-refractivity contribution is -0.128. The summed E-state index contributed by atoms with van der Waals surface area (Å²) >= 11 is 4.62. The Labute approximate surface area is 180 Å². The van der Waals surface area contributed by atoms with Gasteiger partial charge in [-0.25, -0.2) is 4.39 Å². The lowest BCUT2D eigenvalue weighted by atomic mass is 10.2. The quantitative estimate of drug-likeness (QED) is 0.432. The van der Waals surface area contributed by atoms with Gasteiger partial charge in [-0.15, -0.1) is 10.2 Å². The van der Waals surface area contributed by atoms with Crippen LogP contribution in [-0.2, 0) is 11.3 Å². The zero-order valence-electron chi connectivity index (χ0n) is 15.9. The monoisotopic (exact) mass is 479 g/mol. The lowest BCUT2D eigenvalue weighted by Crippen LogP contribution is -2.31. The van der Waals surface area contributed by atoms with E-state index in [-0.39, 0.29) is 17.4 Å². The third-order valence-corrected chi connectivity index (χ3v) is 5.65. The largest absolute Gasteiger partial charge is 0.494 e. The first-order valence-electron chi connectivity index (χ1n) is 8.83. The predicted octanol–water partition coefficient (Wildman–Crippen LogP) is 4.79. The highest BCUT2D eigenvalue weighted by Crippen LogP contribution is 2.29. The standard InChI is InChI=1S/C20H19BrFN3O3S/c1-3-25(11-13-8-9-17(27-2)16(22)10-13)18(26)12-29-20-24-23-19(28-20)14-6-4-5-7-15(14)21/h4-10H,3,11-12H2,1-2H3. The van der Waals surface area contributed by atoms with Gasteiger partial charge < -0.3 is 14.1 Å². The van der Waals surface area contributed by atoms with Gasteiger partial charge in [0.2, 0.25) is 11.8 Å². The molecule has 6 nitrogen and oxygen atoms in total. The summed E-state index contributed by atoms with van der Waals surface area (Å²) in [5, 5.41) is 8.35. The number of hydrogen-bond acceptors (Lipinski definition) is 6. The second kappa shape index (κ2) is 9.89. The smallest absolute Gasteiger partial charge is 0.277 e. The molecule has 2 aromatic carbocycles. The van der Waals surface area contributed by atoms with Crippen molar-refractivity contribution < 1.29 is 18.3 Å². The molecular weight excluding hydrogens is 461 g/mol. The molecule has 0 radical (unpaired) electrons. The number of ether oxygens (including phenoxy) is 1. The van der Waals surface area contributed by atoms with Crippen LogP contribution in [0.2, 0.25) is 0 Å². The van der Waals surface area contributed by atoms with Gasteiger partial charge >= 0.3 is 0 Å². The molecule has 0 saturated heterocycles. The minimum atomic E-state index is -0.451. The summed E-state index contributed by atoms with van der Waals surface area (Å²) in [6, 6.07) is 12.2. The summed E-state index contributed by atoms with van der Waals surface area (Å²) in [4.78, 5) is 14.2. The van der Waals surface area contributed by atoms with Crippen molar-refractivity contribution in [3.63, 3.8) is 0 Å². The highest BCUT2D eigenvalue weighted by molar-refractivity contribution is 9.10. The Morgan fingerprint density at radius 1 is 1.28 bits per heavy atom. The first kappa shape index (κ1) is 21.3. The Hall–Kier alpha value is -2.39. The molecular formula is C20H19BrFN3O3S. The van der Waals surface area contributed by atoms with Crippen molar-refractivity contribution in [2.45, 2.75) is 18.7 Å². The molecule has 0 aliphatic rings. The number of benzene rings is 2. The van der Waals surface area contributed by atoms with E-state index in [1.807, 2.05) is 31.2 Å². The van der Waals surface area contributed by atoms with Gasteiger partial charge in [-0.3, -0.25) is 4.79 Å². The first-order valence-corrected chi connectivity index (χ1v) is 10.6. The molecule has 152 valence electrons. The third-order valence-electron chi connectivity index (χ3n) is 4.15. The molecule has 0 aliphatic heterocycles. The highest BCUT2D eigenvalue weighted by atomic mass is 79.9. The topological polar surface area (TPSA) is 68.5 Å². The van der Waals surface area contributed by atoms with Crippen LogP contribution < -0.4 is 4.74 Å². The number of hydrogen-bond donors (Lipinski definition) is 0. The molecule has 0 atom stereocenters. The molecule has 0 fully saturated rings. The fourth-order valence-electron chi connectivity index (χ4n) is 2.63. The maximum absolute atomic E-state index is 13.9. The van der Waals surface area contributed by atoms with Crippen LogP contribution in [0.25, 0.3) is 11.5 Å². The Morgan fingerprint density at radius 2 is 2.07 bits per heavy atom. The van der Waals surface area contributed by atoms with E-state index >= 15 is 0 Å². The van der Waals surface area contributed by atoms with E-state index in [4.69, 9.17) is 9.15 Å². The first-order chi connectivity index (χ1) is 14.0. The molecule has 0 aliphatic carbocycles. The Morgan fingerprint density at radius 3 is 2.76 bits per heavy atom. The Bertz CT molecular complexity index is 999. The summed E-state index contributed by atoms with van der Waals surface area (Å²) in [5.74, 6) is 0.150. The molecule has 3 rings (SSSR count). The number of methoxy groups -OCH3 is 1. The Balaban J connectivity index is 1.60. The normalized spacial score (nSPS) is 10.8. The van der Waals surface area contributed by atoms with Crippen LogP contribution in [-0.4, -0.2) is 40.4 Å². The van der Waals surface area contributed by atoms with Crippen molar-refractivity contribution in [2.75, 3.05) is 19.4 Å². The average molecular weight is 480 g/mol. The van der Waals surface area contributed by atoms with E-state index in [1.54, 1.807) is 17.0 Å². The Kier molecular flexibility index (Phi) is 7.27. The number of nitrogens with zero attached hydrogens (tertiary/aromatic N) is 3. The van der Waals surface area contributed by atoms with E-state index in [9.17, 15) is 9.18 Å². The predicted molar refractivity (Wildman–Crippen MR) is 112 cm³/mol. The molecule has 29 heavy (non-hydrogen) atoms. The van der Waals surface area contributed by atoms with Gasteiger partial charge in [0.25, 0.3) is 5.22 Å². The summed E-state index contributed by atoms with van der Waals surface area (Å²) < 4.78 is 25.3. The van der Waals surface area contributed by atoms with Gasteiger partial charge in [-0.05, 0) is 52.7 Å². The van der Waals surface area contributed by atoms with Gasteiger partial charge in [0.05, 0.1) is 18.4 Å².